The van der Waals surface area contributed by atoms with Crippen LogP contribution in [-0.2, 0) is 0 Å². The van der Waals surface area contributed by atoms with Gasteiger partial charge in [-0.25, -0.2) is 0 Å². The molecule has 4 nitrogen and oxygen atoms in total. The molecule has 6 heteroatoms. The molecule has 0 bridgehead atoms. The highest BCUT2D eigenvalue weighted by molar-refractivity contribution is 7.99. The molecule has 2 aromatic heterocycles. The van der Waals surface area contributed by atoms with E-state index < -0.39 is 0 Å². The molecule has 2 atom stereocenters. The summed E-state index contributed by atoms with van der Waals surface area (Å²) in [5.74, 6) is 0.934. The number of aromatic amines is 1. The van der Waals surface area contributed by atoms with E-state index in [1.807, 2.05) is 23.9 Å². The Morgan fingerprint density at radius 1 is 1.35 bits per heavy atom. The highest BCUT2D eigenvalue weighted by Crippen LogP contribution is 2.36. The molecule has 0 aliphatic heterocycles. The summed E-state index contributed by atoms with van der Waals surface area (Å²) in [6, 6.07) is 4.42. The monoisotopic (exact) mass is 306 g/mol. The molecule has 0 amide bonds. The number of hydrogen-bond acceptors (Lipinski definition) is 4. The number of nitrogens with one attached hydrogen (secondary N) is 1. The smallest absolute Gasteiger partial charge is 0.195 e. The topological polar surface area (TPSA) is 46.5 Å². The van der Waals surface area contributed by atoms with Crippen molar-refractivity contribution in [2.75, 3.05) is 6.26 Å². The molecule has 1 aliphatic carbocycles. The van der Waals surface area contributed by atoms with Crippen molar-refractivity contribution in [1.29, 1.82) is 0 Å². The van der Waals surface area contributed by atoms with E-state index in [9.17, 15) is 0 Å². The third-order valence-electron chi connectivity index (χ3n) is 3.94. The quantitative estimate of drug-likeness (QED) is 0.875. The van der Waals surface area contributed by atoms with E-state index >= 15 is 0 Å². The van der Waals surface area contributed by atoms with Crippen LogP contribution in [0.25, 0.3) is 11.4 Å². The molecule has 0 aromatic carbocycles. The minimum Gasteiger partial charge on any atom is -0.297 e. The Morgan fingerprint density at radius 3 is 2.90 bits per heavy atom. The predicted molar refractivity (Wildman–Crippen MR) is 85.5 cm³/mol. The summed E-state index contributed by atoms with van der Waals surface area (Å²) in [5.41, 5.74) is 1.07. The summed E-state index contributed by atoms with van der Waals surface area (Å²) in [6.07, 6.45) is 10.7. The molecule has 2 heterocycles. The third kappa shape index (κ3) is 2.67. The summed E-state index contributed by atoms with van der Waals surface area (Å²) < 4.78 is 2.93. The van der Waals surface area contributed by atoms with Crippen molar-refractivity contribution in [2.24, 2.45) is 0 Å². The van der Waals surface area contributed by atoms with Gasteiger partial charge in [0.1, 0.15) is 0 Å². The van der Waals surface area contributed by atoms with Gasteiger partial charge in [-0.3, -0.25) is 14.6 Å². The van der Waals surface area contributed by atoms with Gasteiger partial charge in [0, 0.05) is 29.2 Å². The van der Waals surface area contributed by atoms with Crippen molar-refractivity contribution in [3.05, 3.63) is 29.3 Å². The van der Waals surface area contributed by atoms with Crippen LogP contribution in [0.5, 0.6) is 0 Å². The highest BCUT2D eigenvalue weighted by Gasteiger charge is 2.25. The Hall–Kier alpha value is -1.14. The Kier molecular flexibility index (Phi) is 4.21. The number of aromatic nitrogens is 4. The van der Waals surface area contributed by atoms with Gasteiger partial charge in [-0.2, -0.15) is 16.9 Å². The van der Waals surface area contributed by atoms with Crippen molar-refractivity contribution < 1.29 is 0 Å². The number of pyridine rings is 1. The summed E-state index contributed by atoms with van der Waals surface area (Å²) in [5, 5.41) is 8.11. The predicted octanol–water partition coefficient (Wildman–Crippen LogP) is 3.85. The molecule has 1 aliphatic rings. The fourth-order valence-corrected chi connectivity index (χ4v) is 4.02. The molecule has 0 saturated heterocycles. The Labute approximate surface area is 128 Å². The van der Waals surface area contributed by atoms with Crippen LogP contribution < -0.4 is 0 Å². The zero-order valence-electron chi connectivity index (χ0n) is 11.5. The second-order valence-corrected chi connectivity index (χ2v) is 6.66. The fourth-order valence-electron chi connectivity index (χ4n) is 2.92. The van der Waals surface area contributed by atoms with E-state index in [1.54, 1.807) is 12.4 Å². The summed E-state index contributed by atoms with van der Waals surface area (Å²) in [7, 11) is 0. The lowest BCUT2D eigenvalue weighted by atomic mass is 9.94. The first kappa shape index (κ1) is 13.8. The van der Waals surface area contributed by atoms with Crippen LogP contribution in [0, 0.1) is 4.77 Å². The maximum atomic E-state index is 5.45. The van der Waals surface area contributed by atoms with Crippen LogP contribution in [0.3, 0.4) is 0 Å². The molecule has 0 radical (unpaired) electrons. The number of thioether (sulfide) groups is 1. The average molecular weight is 306 g/mol. The van der Waals surface area contributed by atoms with Gasteiger partial charge in [0.25, 0.3) is 0 Å². The van der Waals surface area contributed by atoms with E-state index in [0.29, 0.717) is 6.04 Å². The van der Waals surface area contributed by atoms with E-state index in [1.165, 1.54) is 25.7 Å². The first-order chi connectivity index (χ1) is 9.79. The van der Waals surface area contributed by atoms with Gasteiger partial charge in [-0.1, -0.05) is 6.42 Å². The molecule has 106 valence electrons. The molecule has 1 saturated carbocycles. The standard InChI is InChI=1S/C14H18N4S2/c1-20-12-4-2-3-11(9-12)18-13(16-17-14(18)19)10-5-7-15-8-6-10/h5-8,11-12H,2-4,9H2,1H3,(H,17,19). The molecular formula is C14H18N4S2. The molecule has 1 N–H and O–H groups in total. The fraction of sp³-hybridized carbons (Fsp3) is 0.500. The second kappa shape index (κ2) is 6.10. The number of rotatable bonds is 3. The van der Waals surface area contributed by atoms with Crippen molar-refractivity contribution in [3.8, 4) is 11.4 Å². The largest absolute Gasteiger partial charge is 0.297 e. The first-order valence-electron chi connectivity index (χ1n) is 6.89. The minimum absolute atomic E-state index is 0.454. The van der Waals surface area contributed by atoms with Crippen LogP contribution in [-0.4, -0.2) is 31.3 Å². The van der Waals surface area contributed by atoms with E-state index in [2.05, 4.69) is 26.0 Å². The Bertz CT molecular complexity index is 620. The number of nitrogens with zero attached hydrogens (tertiary/aromatic N) is 3. The van der Waals surface area contributed by atoms with Gasteiger partial charge < -0.3 is 0 Å². The maximum absolute atomic E-state index is 5.45. The normalized spacial score (nSPS) is 22.9. The first-order valence-corrected chi connectivity index (χ1v) is 8.59. The molecule has 2 unspecified atom stereocenters. The zero-order valence-corrected chi connectivity index (χ0v) is 13.1. The van der Waals surface area contributed by atoms with Gasteiger partial charge in [-0.05, 0) is 49.9 Å². The molecule has 20 heavy (non-hydrogen) atoms. The van der Waals surface area contributed by atoms with Crippen LogP contribution in [0.15, 0.2) is 24.5 Å². The van der Waals surface area contributed by atoms with E-state index in [4.69, 9.17) is 12.2 Å². The molecule has 1 fully saturated rings. The SMILES string of the molecule is CSC1CCCC(n2c(-c3ccncc3)n[nH]c2=S)C1. The van der Waals surface area contributed by atoms with E-state index in [-0.39, 0.29) is 0 Å². The van der Waals surface area contributed by atoms with Gasteiger partial charge in [0.05, 0.1) is 0 Å². The van der Waals surface area contributed by atoms with Gasteiger partial charge in [0.15, 0.2) is 10.6 Å². The van der Waals surface area contributed by atoms with Gasteiger partial charge >= 0.3 is 0 Å². The van der Waals surface area contributed by atoms with Crippen molar-refractivity contribution >= 4 is 24.0 Å². The Balaban J connectivity index is 1.97. The highest BCUT2D eigenvalue weighted by atomic mass is 32.2. The maximum Gasteiger partial charge on any atom is 0.195 e. The molecule has 3 rings (SSSR count). The lowest BCUT2D eigenvalue weighted by molar-refractivity contribution is 0.360. The van der Waals surface area contributed by atoms with Crippen LogP contribution in [0.2, 0.25) is 0 Å². The van der Waals surface area contributed by atoms with Gasteiger partial charge in [0.2, 0.25) is 0 Å². The summed E-state index contributed by atoms with van der Waals surface area (Å²) >= 11 is 7.42. The van der Waals surface area contributed by atoms with Crippen molar-refractivity contribution in [1.82, 2.24) is 19.7 Å². The zero-order chi connectivity index (χ0) is 13.9. The second-order valence-electron chi connectivity index (χ2n) is 5.14. The van der Waals surface area contributed by atoms with Crippen LogP contribution in [0.1, 0.15) is 31.7 Å². The van der Waals surface area contributed by atoms with Crippen LogP contribution >= 0.6 is 24.0 Å². The lowest BCUT2D eigenvalue weighted by Gasteiger charge is -2.29. The van der Waals surface area contributed by atoms with Crippen molar-refractivity contribution in [3.63, 3.8) is 0 Å². The minimum atomic E-state index is 0.454. The summed E-state index contributed by atoms with van der Waals surface area (Å²) in [6.45, 7) is 0. The molecule has 0 spiro atoms. The summed E-state index contributed by atoms with van der Waals surface area (Å²) in [4.78, 5) is 4.07. The number of H-pyrrole nitrogens is 1. The van der Waals surface area contributed by atoms with Crippen molar-refractivity contribution in [2.45, 2.75) is 37.0 Å². The van der Waals surface area contributed by atoms with Crippen LogP contribution in [0.4, 0.5) is 0 Å². The van der Waals surface area contributed by atoms with Gasteiger partial charge in [-0.15, -0.1) is 0 Å². The Morgan fingerprint density at radius 2 is 2.15 bits per heavy atom. The average Bonchev–Trinajstić information content (AvgIpc) is 2.90. The third-order valence-corrected chi connectivity index (χ3v) is 5.32. The lowest BCUT2D eigenvalue weighted by Crippen LogP contribution is -2.21. The van der Waals surface area contributed by atoms with E-state index in [0.717, 1.165) is 21.4 Å². The molecule has 2 aromatic rings. The number of hydrogen-bond donors (Lipinski definition) is 1. The molecular weight excluding hydrogens is 288 g/mol.